The summed E-state index contributed by atoms with van der Waals surface area (Å²) in [7, 11) is 4.56. The van der Waals surface area contributed by atoms with Crippen LogP contribution in [-0.2, 0) is 0 Å². The molecule has 0 aliphatic rings. The summed E-state index contributed by atoms with van der Waals surface area (Å²) in [5, 5.41) is 9.15. The van der Waals surface area contributed by atoms with Crippen LogP contribution in [0.4, 0.5) is 5.88 Å². The average molecular weight is 274 g/mol. The van der Waals surface area contributed by atoms with Gasteiger partial charge in [0, 0.05) is 11.1 Å². The van der Waals surface area contributed by atoms with E-state index in [-0.39, 0.29) is 11.4 Å². The van der Waals surface area contributed by atoms with Crippen molar-refractivity contribution in [2.75, 3.05) is 27.1 Å². The van der Waals surface area contributed by atoms with E-state index in [2.05, 4.69) is 0 Å². The number of furan rings is 1. The van der Waals surface area contributed by atoms with Gasteiger partial charge in [-0.25, -0.2) is 0 Å². The summed E-state index contributed by atoms with van der Waals surface area (Å²) in [5.74, 6) is 1.49. The molecule has 0 unspecified atom stereocenters. The molecule has 0 atom stereocenters. The van der Waals surface area contributed by atoms with Crippen LogP contribution in [0.5, 0.6) is 17.2 Å². The van der Waals surface area contributed by atoms with Crippen molar-refractivity contribution in [2.45, 2.75) is 0 Å². The lowest BCUT2D eigenvalue weighted by molar-refractivity contribution is 0.325. The monoisotopic (exact) mass is 274 g/mol. The Morgan fingerprint density at radius 2 is 1.75 bits per heavy atom. The first-order valence-corrected chi connectivity index (χ1v) is 5.74. The number of rotatable bonds is 4. The molecule has 104 valence electrons. The van der Waals surface area contributed by atoms with Gasteiger partial charge in [0.25, 0.3) is 0 Å². The van der Waals surface area contributed by atoms with E-state index in [0.717, 1.165) is 0 Å². The van der Waals surface area contributed by atoms with E-state index in [1.165, 1.54) is 27.6 Å². The average Bonchev–Trinajstić information content (AvgIpc) is 2.85. The molecule has 0 radical (unpaired) electrons. The van der Waals surface area contributed by atoms with Crippen LogP contribution in [0, 0.1) is 11.3 Å². The van der Waals surface area contributed by atoms with Gasteiger partial charge in [-0.3, -0.25) is 0 Å². The molecule has 0 amide bonds. The SMILES string of the molecule is COc1ccc(-c2coc(N)c2C#N)c(OC)c1OC. The predicted octanol–water partition coefficient (Wildman–Crippen LogP) is 2.43. The lowest BCUT2D eigenvalue weighted by atomic mass is 10.0. The Morgan fingerprint density at radius 3 is 2.30 bits per heavy atom. The third-order valence-electron chi connectivity index (χ3n) is 2.93. The van der Waals surface area contributed by atoms with Crippen molar-refractivity contribution < 1.29 is 18.6 Å². The fraction of sp³-hybridized carbons (Fsp3) is 0.214. The largest absolute Gasteiger partial charge is 0.493 e. The number of nitriles is 1. The van der Waals surface area contributed by atoms with Gasteiger partial charge < -0.3 is 24.4 Å². The maximum Gasteiger partial charge on any atom is 0.208 e. The van der Waals surface area contributed by atoms with Crippen molar-refractivity contribution in [3.8, 4) is 34.4 Å². The zero-order chi connectivity index (χ0) is 14.7. The van der Waals surface area contributed by atoms with Gasteiger partial charge in [-0.1, -0.05) is 0 Å². The molecule has 0 aliphatic carbocycles. The van der Waals surface area contributed by atoms with Crippen molar-refractivity contribution in [1.82, 2.24) is 0 Å². The van der Waals surface area contributed by atoms with Gasteiger partial charge in [0.15, 0.2) is 11.5 Å². The van der Waals surface area contributed by atoms with E-state index in [0.29, 0.717) is 28.4 Å². The first kappa shape index (κ1) is 13.6. The Bertz CT molecular complexity index is 671. The van der Waals surface area contributed by atoms with E-state index in [9.17, 15) is 0 Å². The molecule has 1 aromatic carbocycles. The van der Waals surface area contributed by atoms with Crippen molar-refractivity contribution >= 4 is 5.88 Å². The highest BCUT2D eigenvalue weighted by molar-refractivity contribution is 5.82. The Hall–Kier alpha value is -2.81. The van der Waals surface area contributed by atoms with Crippen LogP contribution in [0.2, 0.25) is 0 Å². The van der Waals surface area contributed by atoms with E-state index < -0.39 is 0 Å². The molecule has 1 heterocycles. The molecule has 6 heteroatoms. The first-order valence-electron chi connectivity index (χ1n) is 5.74. The van der Waals surface area contributed by atoms with Crippen LogP contribution in [0.25, 0.3) is 11.1 Å². The second-order valence-corrected chi connectivity index (χ2v) is 3.88. The molecule has 2 N–H and O–H groups in total. The molecule has 0 bridgehead atoms. The summed E-state index contributed by atoms with van der Waals surface area (Å²) >= 11 is 0. The second kappa shape index (κ2) is 5.45. The third-order valence-corrected chi connectivity index (χ3v) is 2.93. The third kappa shape index (κ3) is 1.99. The molecule has 2 rings (SSSR count). The summed E-state index contributed by atoms with van der Waals surface area (Å²) in [6.07, 6.45) is 1.41. The Balaban J connectivity index is 2.72. The maximum absolute atomic E-state index is 9.15. The van der Waals surface area contributed by atoms with E-state index in [1.54, 1.807) is 12.1 Å². The van der Waals surface area contributed by atoms with Gasteiger partial charge in [0.2, 0.25) is 11.6 Å². The molecule has 0 fully saturated rings. The number of nitrogens with two attached hydrogens (primary N) is 1. The molecule has 20 heavy (non-hydrogen) atoms. The Kier molecular flexibility index (Phi) is 3.71. The zero-order valence-electron chi connectivity index (χ0n) is 11.4. The summed E-state index contributed by atoms with van der Waals surface area (Å²) in [6, 6.07) is 5.49. The Labute approximate surface area is 116 Å². The Morgan fingerprint density at radius 1 is 1.05 bits per heavy atom. The number of anilines is 1. The van der Waals surface area contributed by atoms with Crippen LogP contribution in [-0.4, -0.2) is 21.3 Å². The molecule has 0 saturated heterocycles. The minimum atomic E-state index is 0.0688. The quantitative estimate of drug-likeness (QED) is 0.920. The van der Waals surface area contributed by atoms with E-state index in [1.807, 2.05) is 6.07 Å². The van der Waals surface area contributed by atoms with Gasteiger partial charge in [-0.05, 0) is 12.1 Å². The van der Waals surface area contributed by atoms with Crippen LogP contribution in [0.15, 0.2) is 22.8 Å². The zero-order valence-corrected chi connectivity index (χ0v) is 11.4. The number of benzene rings is 1. The summed E-state index contributed by atoms with van der Waals surface area (Å²) in [6.45, 7) is 0. The normalized spacial score (nSPS) is 9.90. The van der Waals surface area contributed by atoms with Gasteiger partial charge in [0.05, 0.1) is 21.3 Å². The number of nitrogen functional groups attached to an aromatic ring is 1. The number of hydrogen-bond donors (Lipinski definition) is 1. The number of nitrogens with zero attached hydrogens (tertiary/aromatic N) is 1. The predicted molar refractivity (Wildman–Crippen MR) is 72.9 cm³/mol. The lowest BCUT2D eigenvalue weighted by Gasteiger charge is -2.15. The summed E-state index contributed by atoms with van der Waals surface area (Å²) < 4.78 is 21.0. The highest BCUT2D eigenvalue weighted by Gasteiger charge is 2.21. The van der Waals surface area contributed by atoms with Crippen LogP contribution in [0.3, 0.4) is 0 Å². The fourth-order valence-corrected chi connectivity index (χ4v) is 2.00. The molecule has 6 nitrogen and oxygen atoms in total. The molecule has 0 spiro atoms. The van der Waals surface area contributed by atoms with Gasteiger partial charge >= 0.3 is 0 Å². The minimum Gasteiger partial charge on any atom is -0.493 e. The van der Waals surface area contributed by atoms with Crippen LogP contribution >= 0.6 is 0 Å². The standard InChI is InChI=1S/C14H14N2O4/c1-17-11-5-4-8(12(18-2)13(11)19-3)10-7-20-14(16)9(10)6-15/h4-5,7H,16H2,1-3H3. The highest BCUT2D eigenvalue weighted by Crippen LogP contribution is 2.45. The van der Waals surface area contributed by atoms with Crippen molar-refractivity contribution in [3.63, 3.8) is 0 Å². The molecular formula is C14H14N2O4. The van der Waals surface area contributed by atoms with Crippen LogP contribution in [0.1, 0.15) is 5.56 Å². The molecule has 2 aromatic rings. The number of methoxy groups -OCH3 is 3. The lowest BCUT2D eigenvalue weighted by Crippen LogP contribution is -1.97. The van der Waals surface area contributed by atoms with Gasteiger partial charge in [0.1, 0.15) is 17.9 Å². The molecule has 1 aromatic heterocycles. The summed E-state index contributed by atoms with van der Waals surface area (Å²) in [4.78, 5) is 0. The maximum atomic E-state index is 9.15. The first-order chi connectivity index (χ1) is 9.67. The topological polar surface area (TPSA) is 90.6 Å². The second-order valence-electron chi connectivity index (χ2n) is 3.88. The smallest absolute Gasteiger partial charge is 0.208 e. The number of ether oxygens (including phenoxy) is 3. The molecule has 0 aliphatic heterocycles. The van der Waals surface area contributed by atoms with Crippen LogP contribution < -0.4 is 19.9 Å². The van der Waals surface area contributed by atoms with Gasteiger partial charge in [-0.2, -0.15) is 5.26 Å². The summed E-state index contributed by atoms with van der Waals surface area (Å²) in [5.41, 5.74) is 7.07. The minimum absolute atomic E-state index is 0.0688. The van der Waals surface area contributed by atoms with Crippen molar-refractivity contribution in [2.24, 2.45) is 0 Å². The van der Waals surface area contributed by atoms with Crippen molar-refractivity contribution in [3.05, 3.63) is 24.0 Å². The molecule has 0 saturated carbocycles. The number of hydrogen-bond acceptors (Lipinski definition) is 6. The van der Waals surface area contributed by atoms with Gasteiger partial charge in [-0.15, -0.1) is 0 Å². The van der Waals surface area contributed by atoms with E-state index in [4.69, 9.17) is 29.6 Å². The highest BCUT2D eigenvalue weighted by atomic mass is 16.5. The van der Waals surface area contributed by atoms with E-state index >= 15 is 0 Å². The van der Waals surface area contributed by atoms with Crippen molar-refractivity contribution in [1.29, 1.82) is 5.26 Å². The molecular weight excluding hydrogens is 260 g/mol. The fourth-order valence-electron chi connectivity index (χ4n) is 2.00.